The van der Waals surface area contributed by atoms with Crippen LogP contribution in [0, 0.1) is 0 Å². The lowest BCUT2D eigenvalue weighted by Crippen LogP contribution is -2.41. The van der Waals surface area contributed by atoms with Crippen LogP contribution in [0.25, 0.3) is 0 Å². The molecule has 0 fully saturated rings. The van der Waals surface area contributed by atoms with E-state index in [9.17, 15) is 13.2 Å². The summed E-state index contributed by atoms with van der Waals surface area (Å²) in [7, 11) is -4.05. The van der Waals surface area contributed by atoms with Gasteiger partial charge in [0.15, 0.2) is 0 Å². The number of carbonyl (C=O) groups excluding carboxylic acids is 1. The van der Waals surface area contributed by atoms with Gasteiger partial charge in [-0.2, -0.15) is 0 Å². The molecule has 3 aromatic rings. The average Bonchev–Trinajstić information content (AvgIpc) is 2.82. The Morgan fingerprint density at radius 1 is 0.970 bits per heavy atom. The van der Waals surface area contributed by atoms with Crippen LogP contribution in [0.1, 0.15) is 18.9 Å². The van der Waals surface area contributed by atoms with E-state index < -0.39 is 15.9 Å². The minimum absolute atomic E-state index is 0.0371. The van der Waals surface area contributed by atoms with Gasteiger partial charge in [-0.25, -0.2) is 8.42 Å². The Labute approximate surface area is 200 Å². The van der Waals surface area contributed by atoms with E-state index in [-0.39, 0.29) is 11.4 Å². The van der Waals surface area contributed by atoms with Crippen molar-refractivity contribution in [3.8, 4) is 5.75 Å². The topological polar surface area (TPSA) is 75.7 Å². The molecule has 0 aliphatic heterocycles. The van der Waals surface area contributed by atoms with Crippen molar-refractivity contribution in [3.05, 3.63) is 89.4 Å². The van der Waals surface area contributed by atoms with E-state index in [1.165, 1.54) is 29.8 Å². The fourth-order valence-electron chi connectivity index (χ4n) is 3.33. The van der Waals surface area contributed by atoms with Crippen LogP contribution >= 0.6 is 11.6 Å². The van der Waals surface area contributed by atoms with Crippen LogP contribution in [-0.4, -0.2) is 34.0 Å². The van der Waals surface area contributed by atoms with E-state index in [0.29, 0.717) is 29.6 Å². The monoisotopic (exact) mass is 486 g/mol. The second kappa shape index (κ2) is 11.7. The van der Waals surface area contributed by atoms with E-state index >= 15 is 0 Å². The zero-order chi connectivity index (χ0) is 23.7. The lowest BCUT2D eigenvalue weighted by molar-refractivity contribution is -0.119. The Kier molecular flexibility index (Phi) is 8.74. The summed E-state index contributed by atoms with van der Waals surface area (Å²) >= 11 is 5.93. The van der Waals surface area contributed by atoms with Crippen molar-refractivity contribution < 1.29 is 17.9 Å². The van der Waals surface area contributed by atoms with Crippen molar-refractivity contribution in [3.63, 3.8) is 0 Å². The van der Waals surface area contributed by atoms with E-state index in [1.54, 1.807) is 24.3 Å². The number of anilines is 1. The van der Waals surface area contributed by atoms with Crippen molar-refractivity contribution in [1.82, 2.24) is 5.32 Å². The number of aryl methyl sites for hydroxylation is 1. The second-order valence-corrected chi connectivity index (χ2v) is 9.60. The summed E-state index contributed by atoms with van der Waals surface area (Å²) < 4.78 is 33.7. The normalized spacial score (nSPS) is 11.1. The van der Waals surface area contributed by atoms with Gasteiger partial charge in [0.2, 0.25) is 5.91 Å². The molecule has 0 unspecified atom stereocenters. The molecule has 0 spiro atoms. The fourth-order valence-corrected chi connectivity index (χ4v) is 4.88. The van der Waals surface area contributed by atoms with Gasteiger partial charge >= 0.3 is 0 Å². The summed E-state index contributed by atoms with van der Waals surface area (Å²) in [5.74, 6) is -0.0127. The van der Waals surface area contributed by atoms with Crippen LogP contribution in [0.15, 0.2) is 83.8 Å². The molecular weight excluding hydrogens is 460 g/mol. The van der Waals surface area contributed by atoms with E-state index in [0.717, 1.165) is 17.1 Å². The third-order valence-electron chi connectivity index (χ3n) is 4.93. The van der Waals surface area contributed by atoms with Crippen molar-refractivity contribution in [2.45, 2.75) is 24.7 Å². The molecule has 0 aromatic heterocycles. The first-order valence-corrected chi connectivity index (χ1v) is 12.5. The quantitative estimate of drug-likeness (QED) is 0.399. The third kappa shape index (κ3) is 6.73. The predicted octanol–water partition coefficient (Wildman–Crippen LogP) is 4.68. The highest BCUT2D eigenvalue weighted by Gasteiger charge is 2.29. The number of nitrogens with one attached hydrogen (secondary N) is 1. The molecule has 0 atom stereocenters. The van der Waals surface area contributed by atoms with Crippen LogP contribution in [0.4, 0.5) is 5.69 Å². The average molecular weight is 487 g/mol. The number of benzene rings is 3. The van der Waals surface area contributed by atoms with Crippen LogP contribution in [0.3, 0.4) is 0 Å². The summed E-state index contributed by atoms with van der Waals surface area (Å²) in [6, 6.07) is 22.6. The molecular formula is C25H27ClN2O4S. The number of halogens is 1. The van der Waals surface area contributed by atoms with Gasteiger partial charge in [0.1, 0.15) is 12.3 Å². The van der Waals surface area contributed by atoms with Crippen LogP contribution in [0.5, 0.6) is 5.75 Å². The molecule has 33 heavy (non-hydrogen) atoms. The first-order valence-electron chi connectivity index (χ1n) is 10.7. The molecule has 0 radical (unpaired) electrons. The SMILES string of the molecule is CCOc1ccccc1N(CC(=O)NCCCc1ccccc1)S(=O)(=O)c1ccc(Cl)cc1. The lowest BCUT2D eigenvalue weighted by atomic mass is 10.1. The zero-order valence-electron chi connectivity index (χ0n) is 18.4. The number of sulfonamides is 1. The predicted molar refractivity (Wildman–Crippen MR) is 131 cm³/mol. The van der Waals surface area contributed by atoms with Gasteiger partial charge < -0.3 is 10.1 Å². The summed E-state index contributed by atoms with van der Waals surface area (Å²) in [5.41, 5.74) is 1.48. The molecule has 0 saturated heterocycles. The number of nitrogens with zero attached hydrogens (tertiary/aromatic N) is 1. The van der Waals surface area contributed by atoms with Gasteiger partial charge in [-0.3, -0.25) is 9.10 Å². The molecule has 0 heterocycles. The molecule has 8 heteroatoms. The van der Waals surface area contributed by atoms with Crippen LogP contribution < -0.4 is 14.4 Å². The molecule has 3 rings (SSSR count). The highest BCUT2D eigenvalue weighted by Crippen LogP contribution is 2.32. The van der Waals surface area contributed by atoms with Crippen LogP contribution in [0.2, 0.25) is 5.02 Å². The van der Waals surface area contributed by atoms with Gasteiger partial charge in [-0.1, -0.05) is 54.1 Å². The van der Waals surface area contributed by atoms with Gasteiger partial charge in [-0.05, 0) is 61.7 Å². The fraction of sp³-hybridized carbons (Fsp3) is 0.240. The number of rotatable bonds is 11. The smallest absolute Gasteiger partial charge is 0.264 e. The first-order chi connectivity index (χ1) is 15.9. The maximum Gasteiger partial charge on any atom is 0.264 e. The largest absolute Gasteiger partial charge is 0.492 e. The van der Waals surface area contributed by atoms with Crippen molar-refractivity contribution in [2.75, 3.05) is 24.0 Å². The first kappa shape index (κ1) is 24.6. The number of para-hydroxylation sites is 2. The Balaban J connectivity index is 1.78. The molecule has 1 N–H and O–H groups in total. The van der Waals surface area contributed by atoms with E-state index in [2.05, 4.69) is 5.32 Å². The summed E-state index contributed by atoms with van der Waals surface area (Å²) in [6.07, 6.45) is 1.57. The second-order valence-electron chi connectivity index (χ2n) is 7.31. The Bertz CT molecular complexity index is 1150. The van der Waals surface area contributed by atoms with Crippen molar-refractivity contribution in [1.29, 1.82) is 0 Å². The Morgan fingerprint density at radius 2 is 1.64 bits per heavy atom. The van der Waals surface area contributed by atoms with Crippen LogP contribution in [-0.2, 0) is 21.2 Å². The molecule has 1 amide bonds. The maximum absolute atomic E-state index is 13.5. The van der Waals surface area contributed by atoms with Gasteiger partial charge in [-0.15, -0.1) is 0 Å². The number of ether oxygens (including phenoxy) is 1. The minimum atomic E-state index is -4.05. The molecule has 174 valence electrons. The molecule has 0 bridgehead atoms. The third-order valence-corrected chi connectivity index (χ3v) is 6.96. The number of carbonyl (C=O) groups is 1. The zero-order valence-corrected chi connectivity index (χ0v) is 20.0. The minimum Gasteiger partial charge on any atom is -0.492 e. The molecule has 0 aliphatic carbocycles. The summed E-state index contributed by atoms with van der Waals surface area (Å²) in [4.78, 5) is 12.8. The van der Waals surface area contributed by atoms with Crippen molar-refractivity contribution >= 4 is 33.2 Å². The lowest BCUT2D eigenvalue weighted by Gasteiger charge is -2.26. The van der Waals surface area contributed by atoms with Crippen molar-refractivity contribution in [2.24, 2.45) is 0 Å². The number of hydrogen-bond donors (Lipinski definition) is 1. The number of hydrogen-bond acceptors (Lipinski definition) is 4. The van der Waals surface area contributed by atoms with Gasteiger partial charge in [0.25, 0.3) is 10.0 Å². The Hall–Kier alpha value is -3.03. The standard InChI is InChI=1S/C25H27ClN2O4S/c1-2-32-24-13-7-6-12-23(24)28(33(30,31)22-16-14-21(26)15-17-22)19-25(29)27-18-8-11-20-9-4-3-5-10-20/h3-7,9-10,12-17H,2,8,11,18-19H2,1H3,(H,27,29). The number of amides is 1. The van der Waals surface area contributed by atoms with Gasteiger partial charge in [0.05, 0.1) is 17.2 Å². The van der Waals surface area contributed by atoms with E-state index in [4.69, 9.17) is 16.3 Å². The maximum atomic E-state index is 13.5. The summed E-state index contributed by atoms with van der Waals surface area (Å²) in [5, 5.41) is 3.25. The van der Waals surface area contributed by atoms with E-state index in [1.807, 2.05) is 37.3 Å². The molecule has 3 aromatic carbocycles. The molecule has 6 nitrogen and oxygen atoms in total. The molecule has 0 aliphatic rings. The summed E-state index contributed by atoms with van der Waals surface area (Å²) in [6.45, 7) is 2.24. The van der Waals surface area contributed by atoms with Gasteiger partial charge in [0, 0.05) is 11.6 Å². The highest BCUT2D eigenvalue weighted by atomic mass is 35.5. The Morgan fingerprint density at radius 3 is 2.33 bits per heavy atom. The molecule has 0 saturated carbocycles. The highest BCUT2D eigenvalue weighted by molar-refractivity contribution is 7.92.